The third-order valence-corrected chi connectivity index (χ3v) is 4.56. The molecule has 0 unspecified atom stereocenters. The Hall–Kier alpha value is -1.93. The van der Waals surface area contributed by atoms with Crippen molar-refractivity contribution in [1.82, 2.24) is 9.97 Å². The van der Waals surface area contributed by atoms with E-state index >= 15 is 0 Å². The molecule has 3 heterocycles. The number of rotatable bonds is 4. The van der Waals surface area contributed by atoms with Gasteiger partial charge in [0.1, 0.15) is 10.6 Å². The molecule has 2 aromatic rings. The maximum absolute atomic E-state index is 9.04. The highest BCUT2D eigenvalue weighted by molar-refractivity contribution is 7.19. The van der Waals surface area contributed by atoms with Crippen molar-refractivity contribution in [3.63, 3.8) is 0 Å². The Kier molecular flexibility index (Phi) is 3.88. The summed E-state index contributed by atoms with van der Waals surface area (Å²) in [5.41, 5.74) is 9.52. The fraction of sp³-hybridized carbons (Fsp3) is 0.538. The second-order valence-electron chi connectivity index (χ2n) is 5.62. The summed E-state index contributed by atoms with van der Waals surface area (Å²) < 4.78 is 5.84. The quantitative estimate of drug-likeness (QED) is 0.510. The fourth-order valence-corrected chi connectivity index (χ4v) is 3.62. The first-order valence-electron chi connectivity index (χ1n) is 6.90. The van der Waals surface area contributed by atoms with Crippen molar-refractivity contribution in [2.24, 2.45) is 5.11 Å². The molecule has 0 aromatic carbocycles. The number of azide groups is 1. The summed E-state index contributed by atoms with van der Waals surface area (Å²) in [6.45, 7) is 5.00. The lowest BCUT2D eigenvalue weighted by atomic mass is 9.94. The first-order valence-corrected chi connectivity index (χ1v) is 7.72. The molecule has 9 heteroatoms. The number of thiophene rings is 1. The molecule has 1 aliphatic rings. The molecule has 3 rings (SSSR count). The van der Waals surface area contributed by atoms with E-state index in [1.165, 1.54) is 16.9 Å². The van der Waals surface area contributed by atoms with Gasteiger partial charge in [0.15, 0.2) is 0 Å². The van der Waals surface area contributed by atoms with Crippen molar-refractivity contribution < 1.29 is 9.84 Å². The Morgan fingerprint density at radius 1 is 1.50 bits per heavy atom. The lowest BCUT2D eigenvalue weighted by Crippen LogP contribution is -2.31. The summed E-state index contributed by atoms with van der Waals surface area (Å²) in [7, 11) is 0. The van der Waals surface area contributed by atoms with Crippen LogP contribution in [0.1, 0.15) is 24.3 Å². The number of nitrogens with zero attached hydrogens (tertiary/aromatic N) is 5. The van der Waals surface area contributed by atoms with Crippen LogP contribution in [0.3, 0.4) is 0 Å². The van der Waals surface area contributed by atoms with Gasteiger partial charge >= 0.3 is 0 Å². The van der Waals surface area contributed by atoms with Gasteiger partial charge in [-0.1, -0.05) is 0 Å². The number of aromatic nitrogens is 2. The lowest BCUT2D eigenvalue weighted by molar-refractivity contribution is -0.0379. The number of aliphatic hydroxyl groups excluding tert-OH is 1. The normalized spacial score (nSPS) is 16.1. The highest BCUT2D eigenvalue weighted by Gasteiger charge is 2.30. The monoisotopic (exact) mass is 320 g/mol. The highest BCUT2D eigenvalue weighted by atomic mass is 32.1. The van der Waals surface area contributed by atoms with Gasteiger partial charge in [-0.25, -0.2) is 9.97 Å². The lowest BCUT2D eigenvalue weighted by Gasteiger charge is -2.30. The minimum Gasteiger partial charge on any atom is -0.395 e. The van der Waals surface area contributed by atoms with Crippen molar-refractivity contribution in [1.29, 1.82) is 0 Å². The minimum absolute atomic E-state index is 0.0106. The molecule has 0 aliphatic carbocycles. The Labute approximate surface area is 130 Å². The molecule has 22 heavy (non-hydrogen) atoms. The van der Waals surface area contributed by atoms with Crippen LogP contribution in [0.5, 0.6) is 0 Å². The van der Waals surface area contributed by atoms with Gasteiger partial charge < -0.3 is 15.2 Å². The molecule has 2 N–H and O–H groups in total. The molecule has 0 radical (unpaired) electrons. The first-order chi connectivity index (χ1) is 10.5. The zero-order valence-corrected chi connectivity index (χ0v) is 13.1. The number of anilines is 1. The summed E-state index contributed by atoms with van der Waals surface area (Å²) >= 11 is 1.53. The number of fused-ring (bicyclic) bond motifs is 3. The zero-order chi connectivity index (χ0) is 15.7. The molecule has 0 amide bonds. The molecular weight excluding hydrogens is 304 g/mol. The van der Waals surface area contributed by atoms with Crippen molar-refractivity contribution in [3.05, 3.63) is 20.9 Å². The highest BCUT2D eigenvalue weighted by Crippen LogP contribution is 2.41. The number of nitrogens with one attached hydrogen (secondary N) is 1. The van der Waals surface area contributed by atoms with E-state index < -0.39 is 0 Å². The number of hydrogen-bond acceptors (Lipinski definition) is 7. The maximum Gasteiger partial charge on any atom is 0.219 e. The Morgan fingerprint density at radius 2 is 2.32 bits per heavy atom. The SMILES string of the molecule is CC1(C)Cc2c(sc3nc(N=[N+]=[N-])nc(NCCO)c23)CO1. The van der Waals surface area contributed by atoms with Crippen molar-refractivity contribution in [2.75, 3.05) is 18.5 Å². The van der Waals surface area contributed by atoms with Crippen LogP contribution in [-0.4, -0.2) is 33.8 Å². The van der Waals surface area contributed by atoms with Crippen LogP contribution >= 0.6 is 11.3 Å². The van der Waals surface area contributed by atoms with Crippen LogP contribution in [0.4, 0.5) is 11.8 Å². The van der Waals surface area contributed by atoms with E-state index in [-0.39, 0.29) is 18.2 Å². The Bertz CT molecular complexity index is 765. The van der Waals surface area contributed by atoms with Gasteiger partial charge in [-0.3, -0.25) is 0 Å². The van der Waals surface area contributed by atoms with Crippen molar-refractivity contribution >= 4 is 33.3 Å². The van der Waals surface area contributed by atoms with E-state index in [2.05, 4.69) is 39.2 Å². The molecule has 1 aliphatic heterocycles. The van der Waals surface area contributed by atoms with E-state index in [9.17, 15) is 0 Å². The molecule has 8 nitrogen and oxygen atoms in total. The fourth-order valence-electron chi connectivity index (χ4n) is 2.52. The van der Waals surface area contributed by atoms with Crippen LogP contribution in [0.25, 0.3) is 20.7 Å². The van der Waals surface area contributed by atoms with Crippen molar-refractivity contribution in [3.8, 4) is 0 Å². The van der Waals surface area contributed by atoms with Gasteiger partial charge in [-0.15, -0.1) is 11.3 Å². The van der Waals surface area contributed by atoms with Gasteiger partial charge in [0, 0.05) is 22.8 Å². The predicted octanol–water partition coefficient (Wildman–Crippen LogP) is 2.89. The van der Waals surface area contributed by atoms with E-state index in [0.717, 1.165) is 21.5 Å². The largest absolute Gasteiger partial charge is 0.395 e. The van der Waals surface area contributed by atoms with E-state index in [4.69, 9.17) is 15.4 Å². The van der Waals surface area contributed by atoms with E-state index in [1.54, 1.807) is 0 Å². The minimum atomic E-state index is -0.237. The Balaban J connectivity index is 2.19. The van der Waals surface area contributed by atoms with Gasteiger partial charge in [0.25, 0.3) is 0 Å². The molecule has 116 valence electrons. The second-order valence-corrected chi connectivity index (χ2v) is 6.70. The first kappa shape index (κ1) is 15.0. The topological polar surface area (TPSA) is 116 Å². The molecule has 0 saturated carbocycles. The third-order valence-electron chi connectivity index (χ3n) is 3.46. The average Bonchev–Trinajstić information content (AvgIpc) is 2.81. The predicted molar refractivity (Wildman–Crippen MR) is 84.4 cm³/mol. The van der Waals surface area contributed by atoms with Crippen LogP contribution in [0.15, 0.2) is 5.11 Å². The maximum atomic E-state index is 9.04. The number of ether oxygens (including phenoxy) is 1. The van der Waals surface area contributed by atoms with E-state index in [0.29, 0.717) is 19.0 Å². The zero-order valence-electron chi connectivity index (χ0n) is 12.3. The van der Waals surface area contributed by atoms with Gasteiger partial charge in [0.2, 0.25) is 5.95 Å². The Morgan fingerprint density at radius 3 is 3.05 bits per heavy atom. The summed E-state index contributed by atoms with van der Waals surface area (Å²) in [6.07, 6.45) is 0.764. The summed E-state index contributed by atoms with van der Waals surface area (Å²) in [5.74, 6) is 0.672. The van der Waals surface area contributed by atoms with Gasteiger partial charge in [-0.05, 0) is 30.1 Å². The van der Waals surface area contributed by atoms with Gasteiger partial charge in [-0.2, -0.15) is 0 Å². The molecule has 0 fully saturated rings. The van der Waals surface area contributed by atoms with Crippen LogP contribution < -0.4 is 5.32 Å². The van der Waals surface area contributed by atoms with Crippen LogP contribution in [0, 0.1) is 0 Å². The van der Waals surface area contributed by atoms with Gasteiger partial charge in [0.05, 0.1) is 24.2 Å². The van der Waals surface area contributed by atoms with Crippen molar-refractivity contribution in [2.45, 2.75) is 32.5 Å². The third kappa shape index (κ3) is 2.71. The molecule has 0 atom stereocenters. The average molecular weight is 320 g/mol. The summed E-state index contributed by atoms with van der Waals surface area (Å²) in [5, 5.41) is 16.5. The molecule has 2 aromatic heterocycles. The second kappa shape index (κ2) is 5.69. The smallest absolute Gasteiger partial charge is 0.219 e. The standard InChI is InChI=1S/C13H16N6O2S/c1-13(2)5-7-8(6-21-13)22-11-9(7)10(15-3-4-20)16-12(17-11)18-19-14/h20H,3-6H2,1-2H3,(H,15,16,17). The molecule has 0 saturated heterocycles. The summed E-state index contributed by atoms with van der Waals surface area (Å²) in [6, 6.07) is 0. The number of hydrogen-bond donors (Lipinski definition) is 2. The molecular formula is C13H16N6O2S. The van der Waals surface area contributed by atoms with Crippen LogP contribution in [-0.2, 0) is 17.8 Å². The summed E-state index contributed by atoms with van der Waals surface area (Å²) in [4.78, 5) is 13.2. The molecule has 0 bridgehead atoms. The van der Waals surface area contributed by atoms with Crippen LogP contribution in [0.2, 0.25) is 0 Å². The van der Waals surface area contributed by atoms with E-state index in [1.807, 2.05) is 0 Å². The number of aliphatic hydroxyl groups is 1. The molecule has 0 spiro atoms.